The maximum atomic E-state index is 12.2. The summed E-state index contributed by atoms with van der Waals surface area (Å²) in [5, 5.41) is 2.82. The van der Waals surface area contributed by atoms with Crippen LogP contribution in [0.4, 0.5) is 5.69 Å². The molecular weight excluding hydrogens is 292 g/mol. The number of fused-ring (bicyclic) bond motifs is 1. The lowest BCUT2D eigenvalue weighted by Crippen LogP contribution is -2.37. The van der Waals surface area contributed by atoms with Gasteiger partial charge in [-0.3, -0.25) is 15.0 Å². The third-order valence-corrected chi connectivity index (χ3v) is 4.74. The number of hydrogen-bond acceptors (Lipinski definition) is 4. The number of carbonyl (C=O) groups excluding carboxylic acids is 2. The average Bonchev–Trinajstić information content (AvgIpc) is 2.90. The normalized spacial score (nSPS) is 16.4. The second-order valence-electron chi connectivity index (χ2n) is 5.97. The van der Waals surface area contributed by atoms with Crippen LogP contribution in [0.25, 0.3) is 0 Å². The van der Waals surface area contributed by atoms with Gasteiger partial charge in [-0.05, 0) is 50.0 Å². The molecule has 1 atom stereocenters. The average molecular weight is 318 g/mol. The quantitative estimate of drug-likeness (QED) is 0.318. The molecule has 2 rings (SSSR count). The van der Waals surface area contributed by atoms with Gasteiger partial charge >= 0.3 is 0 Å². The van der Waals surface area contributed by atoms with Crippen molar-refractivity contribution >= 4 is 17.5 Å². The fraction of sp³-hybridized carbons (Fsp3) is 0.529. The van der Waals surface area contributed by atoms with E-state index in [4.69, 9.17) is 5.84 Å². The highest BCUT2D eigenvalue weighted by Gasteiger charge is 2.38. The van der Waals surface area contributed by atoms with Crippen LogP contribution in [-0.2, 0) is 16.0 Å². The second-order valence-corrected chi connectivity index (χ2v) is 5.97. The van der Waals surface area contributed by atoms with Crippen LogP contribution in [0.3, 0.4) is 0 Å². The Kier molecular flexibility index (Phi) is 5.38. The van der Waals surface area contributed by atoms with E-state index in [1.165, 1.54) is 5.56 Å². The summed E-state index contributed by atoms with van der Waals surface area (Å²) in [4.78, 5) is 26.5. The van der Waals surface area contributed by atoms with Crippen molar-refractivity contribution in [2.45, 2.75) is 40.0 Å². The molecule has 0 aromatic heterocycles. The maximum Gasteiger partial charge on any atom is 0.251 e. The Labute approximate surface area is 137 Å². The van der Waals surface area contributed by atoms with Crippen molar-refractivity contribution in [1.29, 1.82) is 0 Å². The van der Waals surface area contributed by atoms with E-state index in [1.54, 1.807) is 0 Å². The summed E-state index contributed by atoms with van der Waals surface area (Å²) in [5.41, 5.74) is 6.80. The first-order valence-corrected chi connectivity index (χ1v) is 8.11. The molecule has 1 aromatic rings. The number of hydrogen-bond donors (Lipinski definition) is 3. The molecule has 0 spiro atoms. The summed E-state index contributed by atoms with van der Waals surface area (Å²) in [7, 11) is 0. The molecule has 6 nitrogen and oxygen atoms in total. The molecule has 0 aliphatic carbocycles. The van der Waals surface area contributed by atoms with E-state index in [9.17, 15) is 9.59 Å². The minimum atomic E-state index is -0.859. The van der Waals surface area contributed by atoms with Crippen molar-refractivity contribution in [3.05, 3.63) is 28.3 Å². The number of carbonyl (C=O) groups is 2. The molecule has 1 aliphatic rings. The van der Waals surface area contributed by atoms with E-state index in [-0.39, 0.29) is 5.91 Å². The summed E-state index contributed by atoms with van der Waals surface area (Å²) in [5.74, 6) is 3.61. The SMILES string of the molecule is CCN(CC)CCc1cc(C)c2c(c1C)C(C(=O)NN)C(=O)N2. The Balaban J connectivity index is 2.39. The molecule has 1 aliphatic heterocycles. The standard InChI is InChI=1S/C17H26N4O2/c1-5-21(6-2)8-7-12-9-10(3)15-13(11(12)4)14(16(22)19-15)17(23)20-18/h9,14H,5-8,18H2,1-4H3,(H,19,22)(H,20,23). The number of rotatable bonds is 6. The number of aryl methyl sites for hydroxylation is 1. The van der Waals surface area contributed by atoms with E-state index in [0.717, 1.165) is 48.4 Å². The molecule has 126 valence electrons. The fourth-order valence-electron chi connectivity index (χ4n) is 3.28. The highest BCUT2D eigenvalue weighted by Crippen LogP contribution is 2.39. The largest absolute Gasteiger partial charge is 0.325 e. The predicted molar refractivity (Wildman–Crippen MR) is 91.1 cm³/mol. The van der Waals surface area contributed by atoms with Crippen molar-refractivity contribution in [2.75, 3.05) is 25.0 Å². The number of hydrazine groups is 1. The van der Waals surface area contributed by atoms with E-state index in [1.807, 2.05) is 13.8 Å². The van der Waals surface area contributed by atoms with Gasteiger partial charge in [-0.25, -0.2) is 5.84 Å². The zero-order chi connectivity index (χ0) is 17.1. The lowest BCUT2D eigenvalue weighted by atomic mass is 9.89. The Morgan fingerprint density at radius 2 is 2.00 bits per heavy atom. The third-order valence-electron chi connectivity index (χ3n) is 4.74. The molecule has 2 amide bonds. The van der Waals surface area contributed by atoms with E-state index in [2.05, 4.69) is 35.6 Å². The molecule has 1 unspecified atom stereocenters. The molecule has 1 aromatic carbocycles. The van der Waals surface area contributed by atoms with E-state index >= 15 is 0 Å². The van der Waals surface area contributed by atoms with Crippen molar-refractivity contribution in [3.63, 3.8) is 0 Å². The number of nitrogens with zero attached hydrogens (tertiary/aromatic N) is 1. The highest BCUT2D eigenvalue weighted by molar-refractivity contribution is 6.17. The van der Waals surface area contributed by atoms with Gasteiger partial charge in [-0.2, -0.15) is 0 Å². The summed E-state index contributed by atoms with van der Waals surface area (Å²) in [6, 6.07) is 2.11. The first-order chi connectivity index (χ1) is 10.9. The van der Waals surface area contributed by atoms with E-state index < -0.39 is 11.8 Å². The molecular formula is C17H26N4O2. The number of benzene rings is 1. The van der Waals surface area contributed by atoms with Crippen LogP contribution in [-0.4, -0.2) is 36.3 Å². The number of anilines is 1. The molecule has 0 fully saturated rings. The van der Waals surface area contributed by atoms with Crippen LogP contribution < -0.4 is 16.6 Å². The van der Waals surface area contributed by atoms with Crippen molar-refractivity contribution in [2.24, 2.45) is 5.84 Å². The molecule has 4 N–H and O–H groups in total. The van der Waals surface area contributed by atoms with Gasteiger partial charge in [0.1, 0.15) is 5.92 Å². The molecule has 6 heteroatoms. The van der Waals surface area contributed by atoms with Crippen molar-refractivity contribution < 1.29 is 9.59 Å². The zero-order valence-corrected chi connectivity index (χ0v) is 14.3. The Morgan fingerprint density at radius 1 is 1.35 bits per heavy atom. The zero-order valence-electron chi connectivity index (χ0n) is 14.3. The van der Waals surface area contributed by atoms with Crippen molar-refractivity contribution in [1.82, 2.24) is 10.3 Å². The van der Waals surface area contributed by atoms with Gasteiger partial charge in [0, 0.05) is 17.8 Å². The fourth-order valence-corrected chi connectivity index (χ4v) is 3.28. The summed E-state index contributed by atoms with van der Waals surface area (Å²) >= 11 is 0. The maximum absolute atomic E-state index is 12.2. The van der Waals surface area contributed by atoms with Crippen LogP contribution in [0.2, 0.25) is 0 Å². The molecule has 1 heterocycles. The van der Waals surface area contributed by atoms with Gasteiger partial charge in [0.2, 0.25) is 5.91 Å². The van der Waals surface area contributed by atoms with Gasteiger partial charge in [-0.15, -0.1) is 0 Å². The van der Waals surface area contributed by atoms with Crippen LogP contribution in [0.5, 0.6) is 0 Å². The van der Waals surface area contributed by atoms with E-state index in [0.29, 0.717) is 0 Å². The minimum absolute atomic E-state index is 0.310. The summed E-state index contributed by atoms with van der Waals surface area (Å²) in [6.45, 7) is 11.2. The summed E-state index contributed by atoms with van der Waals surface area (Å²) in [6.07, 6.45) is 0.896. The smallest absolute Gasteiger partial charge is 0.251 e. The number of nitrogens with one attached hydrogen (secondary N) is 2. The number of amides is 2. The van der Waals surface area contributed by atoms with Crippen LogP contribution in [0, 0.1) is 13.8 Å². The third kappa shape index (κ3) is 3.23. The van der Waals surface area contributed by atoms with Crippen LogP contribution in [0.1, 0.15) is 42.0 Å². The van der Waals surface area contributed by atoms with Crippen LogP contribution in [0.15, 0.2) is 6.07 Å². The second kappa shape index (κ2) is 7.10. The monoisotopic (exact) mass is 318 g/mol. The molecule has 0 saturated heterocycles. The summed E-state index contributed by atoms with van der Waals surface area (Å²) < 4.78 is 0. The molecule has 23 heavy (non-hydrogen) atoms. The predicted octanol–water partition coefficient (Wildman–Crippen LogP) is 1.21. The molecule has 0 saturated carbocycles. The molecule has 0 radical (unpaired) electrons. The topological polar surface area (TPSA) is 87.5 Å². The van der Waals surface area contributed by atoms with Gasteiger partial charge in [0.15, 0.2) is 0 Å². The minimum Gasteiger partial charge on any atom is -0.325 e. The van der Waals surface area contributed by atoms with Gasteiger partial charge in [0.05, 0.1) is 0 Å². The number of nitrogens with two attached hydrogens (primary N) is 1. The Bertz CT molecular complexity index is 624. The lowest BCUT2D eigenvalue weighted by Gasteiger charge is -2.20. The van der Waals surface area contributed by atoms with Crippen molar-refractivity contribution in [3.8, 4) is 0 Å². The first-order valence-electron chi connectivity index (χ1n) is 8.11. The van der Waals surface area contributed by atoms with Crippen LogP contribution >= 0.6 is 0 Å². The highest BCUT2D eigenvalue weighted by atomic mass is 16.2. The van der Waals surface area contributed by atoms with Gasteiger partial charge in [0.25, 0.3) is 5.91 Å². The lowest BCUT2D eigenvalue weighted by molar-refractivity contribution is -0.128. The Morgan fingerprint density at radius 3 is 2.57 bits per heavy atom. The molecule has 0 bridgehead atoms. The van der Waals surface area contributed by atoms with Gasteiger partial charge < -0.3 is 10.2 Å². The number of likely N-dealkylation sites (N-methyl/N-ethyl adjacent to an activating group) is 1. The first kappa shape index (κ1) is 17.4. The van der Waals surface area contributed by atoms with Gasteiger partial charge in [-0.1, -0.05) is 19.9 Å². The Hall–Kier alpha value is -1.92.